The van der Waals surface area contributed by atoms with Gasteiger partial charge in [0.1, 0.15) is 0 Å². The summed E-state index contributed by atoms with van der Waals surface area (Å²) in [7, 11) is 0. The SMILES string of the molecule is O=c1oc(=O)n(Cc2cc(Br)cs2)c2ccccc12. The normalized spacial score (nSPS) is 11.0. The molecule has 0 unspecified atom stereocenters. The third kappa shape index (κ3) is 2.29. The molecule has 0 saturated carbocycles. The van der Waals surface area contributed by atoms with Crippen LogP contribution < -0.4 is 11.4 Å². The van der Waals surface area contributed by atoms with Crippen LogP contribution in [0.2, 0.25) is 0 Å². The van der Waals surface area contributed by atoms with Crippen LogP contribution in [0.4, 0.5) is 0 Å². The Kier molecular flexibility index (Phi) is 3.12. The van der Waals surface area contributed by atoms with E-state index in [-0.39, 0.29) is 0 Å². The van der Waals surface area contributed by atoms with Crippen LogP contribution in [0.1, 0.15) is 4.88 Å². The molecule has 3 rings (SSSR count). The van der Waals surface area contributed by atoms with Crippen LogP contribution >= 0.6 is 27.3 Å². The summed E-state index contributed by atoms with van der Waals surface area (Å²) in [6.45, 7) is 0.388. The van der Waals surface area contributed by atoms with Gasteiger partial charge in [0.05, 0.1) is 17.4 Å². The van der Waals surface area contributed by atoms with Crippen molar-refractivity contribution in [2.45, 2.75) is 6.54 Å². The zero-order valence-corrected chi connectivity index (χ0v) is 12.0. The van der Waals surface area contributed by atoms with Gasteiger partial charge in [0, 0.05) is 14.7 Å². The molecule has 0 bridgehead atoms. The van der Waals surface area contributed by atoms with Crippen molar-refractivity contribution >= 4 is 38.2 Å². The van der Waals surface area contributed by atoms with Gasteiger partial charge in [0.15, 0.2) is 0 Å². The predicted molar refractivity (Wildman–Crippen MR) is 77.9 cm³/mol. The number of thiophene rings is 1. The van der Waals surface area contributed by atoms with Gasteiger partial charge in [-0.1, -0.05) is 12.1 Å². The number of rotatable bonds is 2. The van der Waals surface area contributed by atoms with Crippen LogP contribution in [0.5, 0.6) is 0 Å². The molecule has 0 fully saturated rings. The number of hydrogen-bond donors (Lipinski definition) is 0. The Morgan fingerprint density at radius 2 is 2.05 bits per heavy atom. The van der Waals surface area contributed by atoms with E-state index in [1.807, 2.05) is 11.4 Å². The lowest BCUT2D eigenvalue weighted by Gasteiger charge is -2.06. The van der Waals surface area contributed by atoms with Crippen molar-refractivity contribution < 1.29 is 4.42 Å². The molecule has 6 heteroatoms. The number of aromatic nitrogens is 1. The molecule has 0 saturated heterocycles. The van der Waals surface area contributed by atoms with Crippen molar-refractivity contribution in [2.75, 3.05) is 0 Å². The summed E-state index contributed by atoms with van der Waals surface area (Å²) in [5.41, 5.74) is -0.00233. The highest BCUT2D eigenvalue weighted by atomic mass is 79.9. The topological polar surface area (TPSA) is 52.2 Å². The van der Waals surface area contributed by atoms with Gasteiger partial charge in [0.2, 0.25) is 0 Å². The summed E-state index contributed by atoms with van der Waals surface area (Å²) in [5.74, 6) is -0.631. The first kappa shape index (κ1) is 12.4. The quantitative estimate of drug-likeness (QED) is 0.722. The number of benzene rings is 1. The zero-order valence-electron chi connectivity index (χ0n) is 9.63. The number of nitrogens with zero attached hydrogens (tertiary/aromatic N) is 1. The van der Waals surface area contributed by atoms with Crippen LogP contribution in [-0.2, 0) is 6.54 Å². The van der Waals surface area contributed by atoms with Crippen LogP contribution in [0.3, 0.4) is 0 Å². The highest BCUT2D eigenvalue weighted by Crippen LogP contribution is 2.21. The Labute approximate surface area is 120 Å². The Morgan fingerprint density at radius 3 is 2.79 bits per heavy atom. The van der Waals surface area contributed by atoms with Gasteiger partial charge in [-0.15, -0.1) is 11.3 Å². The van der Waals surface area contributed by atoms with E-state index in [0.717, 1.165) is 9.35 Å². The van der Waals surface area contributed by atoms with Gasteiger partial charge in [-0.25, -0.2) is 9.59 Å². The van der Waals surface area contributed by atoms with Crippen molar-refractivity contribution in [1.82, 2.24) is 4.57 Å². The molecule has 0 spiro atoms. The molecule has 4 nitrogen and oxygen atoms in total. The van der Waals surface area contributed by atoms with E-state index in [1.165, 1.54) is 15.9 Å². The first-order chi connectivity index (χ1) is 9.15. The van der Waals surface area contributed by atoms with Crippen LogP contribution in [0.15, 0.2) is 54.2 Å². The van der Waals surface area contributed by atoms with Crippen LogP contribution in [0.25, 0.3) is 10.9 Å². The molecule has 0 amide bonds. The monoisotopic (exact) mass is 337 g/mol. The van der Waals surface area contributed by atoms with Crippen molar-refractivity contribution in [3.63, 3.8) is 0 Å². The number of fused-ring (bicyclic) bond motifs is 1. The molecule has 0 aliphatic carbocycles. The second-order valence-electron chi connectivity index (χ2n) is 3.99. The standard InChI is InChI=1S/C13H8BrNO3S/c14-8-5-9(19-7-8)6-15-11-4-2-1-3-10(11)12(16)18-13(15)17/h1-5,7H,6H2. The van der Waals surface area contributed by atoms with Gasteiger partial charge in [-0.3, -0.25) is 4.57 Å². The smallest absolute Gasteiger partial charge is 0.372 e. The van der Waals surface area contributed by atoms with Gasteiger partial charge in [-0.05, 0) is 34.1 Å². The lowest BCUT2D eigenvalue weighted by atomic mass is 10.2. The molecule has 2 heterocycles. The summed E-state index contributed by atoms with van der Waals surface area (Å²) in [6.07, 6.45) is 0. The molecule has 0 aliphatic rings. The Morgan fingerprint density at radius 1 is 1.26 bits per heavy atom. The minimum atomic E-state index is -0.631. The summed E-state index contributed by atoms with van der Waals surface area (Å²) in [5, 5.41) is 2.36. The molecule has 0 radical (unpaired) electrons. The molecule has 96 valence electrons. The fraction of sp³-hybridized carbons (Fsp3) is 0.0769. The summed E-state index contributed by atoms with van der Waals surface area (Å²) in [6, 6.07) is 8.88. The zero-order chi connectivity index (χ0) is 13.4. The lowest BCUT2D eigenvalue weighted by molar-refractivity contribution is 0.425. The van der Waals surface area contributed by atoms with Gasteiger partial charge >= 0.3 is 11.4 Å². The first-order valence-corrected chi connectivity index (χ1v) is 7.18. The maximum absolute atomic E-state index is 11.9. The molecule has 0 aliphatic heterocycles. The fourth-order valence-corrected chi connectivity index (χ4v) is 3.35. The molecule has 3 aromatic rings. The van der Waals surface area contributed by atoms with E-state index >= 15 is 0 Å². The van der Waals surface area contributed by atoms with Crippen molar-refractivity contribution in [3.05, 3.63) is 66.0 Å². The summed E-state index contributed by atoms with van der Waals surface area (Å²) >= 11 is 4.91. The van der Waals surface area contributed by atoms with Crippen molar-refractivity contribution in [2.24, 2.45) is 0 Å². The van der Waals surface area contributed by atoms with E-state index < -0.39 is 11.4 Å². The molecule has 2 aromatic heterocycles. The van der Waals surface area contributed by atoms with Crippen molar-refractivity contribution in [3.8, 4) is 0 Å². The summed E-state index contributed by atoms with van der Waals surface area (Å²) in [4.78, 5) is 24.5. The number of halogens is 1. The average Bonchev–Trinajstić information content (AvgIpc) is 2.80. The Hall–Kier alpha value is -1.66. The van der Waals surface area contributed by atoms with Crippen LogP contribution in [0, 0.1) is 0 Å². The molecular formula is C13H8BrNO3S. The van der Waals surface area contributed by atoms with Gasteiger partial charge in [-0.2, -0.15) is 0 Å². The van der Waals surface area contributed by atoms with E-state index in [1.54, 1.807) is 24.3 Å². The van der Waals surface area contributed by atoms with Gasteiger partial charge in [0.25, 0.3) is 0 Å². The highest BCUT2D eigenvalue weighted by Gasteiger charge is 2.10. The second-order valence-corrected chi connectivity index (χ2v) is 5.90. The average molecular weight is 338 g/mol. The molecule has 0 atom stereocenters. The molecule has 19 heavy (non-hydrogen) atoms. The molecule has 0 N–H and O–H groups in total. The predicted octanol–water partition coefficient (Wildman–Crippen LogP) is 2.83. The number of hydrogen-bond acceptors (Lipinski definition) is 4. The Bertz CT molecular complexity index is 862. The second kappa shape index (κ2) is 4.79. The van der Waals surface area contributed by atoms with E-state index in [9.17, 15) is 9.59 Å². The maximum Gasteiger partial charge on any atom is 0.422 e. The minimum Gasteiger partial charge on any atom is -0.372 e. The van der Waals surface area contributed by atoms with E-state index in [0.29, 0.717) is 17.4 Å². The first-order valence-electron chi connectivity index (χ1n) is 5.51. The largest absolute Gasteiger partial charge is 0.422 e. The minimum absolute atomic E-state index is 0.388. The van der Waals surface area contributed by atoms with Crippen LogP contribution in [-0.4, -0.2) is 4.57 Å². The molecule has 1 aromatic carbocycles. The maximum atomic E-state index is 11.9. The van der Waals surface area contributed by atoms with E-state index in [2.05, 4.69) is 15.9 Å². The third-order valence-electron chi connectivity index (χ3n) is 2.75. The molecular weight excluding hydrogens is 330 g/mol. The Balaban J connectivity index is 2.23. The van der Waals surface area contributed by atoms with Gasteiger partial charge < -0.3 is 4.42 Å². The third-order valence-corrected chi connectivity index (χ3v) is 4.43. The van der Waals surface area contributed by atoms with E-state index in [4.69, 9.17) is 4.42 Å². The number of para-hydroxylation sites is 1. The fourth-order valence-electron chi connectivity index (χ4n) is 1.91. The van der Waals surface area contributed by atoms with Crippen molar-refractivity contribution in [1.29, 1.82) is 0 Å². The lowest BCUT2D eigenvalue weighted by Crippen LogP contribution is -2.25. The summed E-state index contributed by atoms with van der Waals surface area (Å²) < 4.78 is 7.19. The highest BCUT2D eigenvalue weighted by molar-refractivity contribution is 9.10.